The second-order valence-electron chi connectivity index (χ2n) is 3.00. The third kappa shape index (κ3) is 3.33. The maximum absolute atomic E-state index is 8.06. The smallest absolute Gasteiger partial charge is 0.0292 e. The molecule has 0 heterocycles. The summed E-state index contributed by atoms with van der Waals surface area (Å²) in [5, 5.41) is 3.45. The number of aryl methyl sites for hydroxylation is 1. The predicted octanol–water partition coefficient (Wildman–Crippen LogP) is 3.71. The van der Waals surface area contributed by atoms with Gasteiger partial charge in [0.25, 0.3) is 0 Å². The van der Waals surface area contributed by atoms with Crippen molar-refractivity contribution in [3.8, 4) is 0 Å². The molecule has 0 spiro atoms. The van der Waals surface area contributed by atoms with E-state index in [0.717, 1.165) is 6.42 Å². The highest BCUT2D eigenvalue weighted by atomic mass is 15.1. The van der Waals surface area contributed by atoms with E-state index in [1.807, 2.05) is 18.2 Å². The molecule has 0 unspecified atom stereocenters. The molecule has 0 aliphatic carbocycles. The fraction of sp³-hybridized carbons (Fsp3) is 0.273. The van der Waals surface area contributed by atoms with E-state index in [4.69, 9.17) is 5.53 Å². The van der Waals surface area contributed by atoms with Gasteiger partial charge in [-0.2, -0.15) is 0 Å². The van der Waals surface area contributed by atoms with E-state index in [0.29, 0.717) is 6.54 Å². The van der Waals surface area contributed by atoms with E-state index in [9.17, 15) is 0 Å². The first kappa shape index (κ1) is 10.4. The topological polar surface area (TPSA) is 48.8 Å². The van der Waals surface area contributed by atoms with Crippen LogP contribution in [0.1, 0.15) is 17.5 Å². The first-order chi connectivity index (χ1) is 6.84. The minimum absolute atomic E-state index is 0.527. The minimum atomic E-state index is 0.527. The summed E-state index contributed by atoms with van der Waals surface area (Å²) in [6.07, 6.45) is 4.87. The van der Waals surface area contributed by atoms with Crippen LogP contribution in [0, 0.1) is 6.92 Å². The lowest BCUT2D eigenvalue weighted by molar-refractivity contribution is 0.995. The summed E-state index contributed by atoms with van der Waals surface area (Å²) in [6.45, 7) is 2.60. The molecule has 3 heteroatoms. The fourth-order valence-corrected chi connectivity index (χ4v) is 1.16. The summed E-state index contributed by atoms with van der Waals surface area (Å²) in [5.41, 5.74) is 10.5. The van der Waals surface area contributed by atoms with Crippen LogP contribution in [-0.2, 0) is 0 Å². The van der Waals surface area contributed by atoms with Crippen LogP contribution < -0.4 is 0 Å². The Morgan fingerprint density at radius 3 is 2.93 bits per heavy atom. The second-order valence-corrected chi connectivity index (χ2v) is 3.00. The number of azide groups is 1. The molecule has 0 bridgehead atoms. The molecule has 0 saturated heterocycles. The zero-order valence-electron chi connectivity index (χ0n) is 8.22. The van der Waals surface area contributed by atoms with Crippen LogP contribution in [-0.4, -0.2) is 6.54 Å². The van der Waals surface area contributed by atoms with Crippen molar-refractivity contribution in [3.63, 3.8) is 0 Å². The molecule has 0 aromatic heterocycles. The maximum Gasteiger partial charge on any atom is 0.0292 e. The molecule has 0 aliphatic heterocycles. The van der Waals surface area contributed by atoms with Gasteiger partial charge >= 0.3 is 0 Å². The zero-order valence-corrected chi connectivity index (χ0v) is 8.22. The molecule has 0 aliphatic rings. The highest BCUT2D eigenvalue weighted by Crippen LogP contribution is 2.08. The first-order valence-electron chi connectivity index (χ1n) is 4.57. The Kier molecular flexibility index (Phi) is 4.32. The minimum Gasteiger partial charge on any atom is -0.0937 e. The first-order valence-corrected chi connectivity index (χ1v) is 4.57. The molecule has 0 radical (unpaired) electrons. The largest absolute Gasteiger partial charge is 0.0937 e. The Hall–Kier alpha value is -1.73. The van der Waals surface area contributed by atoms with Gasteiger partial charge in [-0.25, -0.2) is 0 Å². The van der Waals surface area contributed by atoms with Crippen LogP contribution in [0.5, 0.6) is 0 Å². The Morgan fingerprint density at radius 2 is 2.21 bits per heavy atom. The molecule has 0 atom stereocenters. The zero-order chi connectivity index (χ0) is 10.2. The summed E-state index contributed by atoms with van der Waals surface area (Å²) in [6, 6.07) is 8.18. The molecule has 0 fully saturated rings. The van der Waals surface area contributed by atoms with Crippen LogP contribution in [0.15, 0.2) is 35.5 Å². The number of hydrogen-bond donors (Lipinski definition) is 0. The molecule has 72 valence electrons. The summed E-state index contributed by atoms with van der Waals surface area (Å²) >= 11 is 0. The van der Waals surface area contributed by atoms with Crippen LogP contribution in [0.4, 0.5) is 0 Å². The van der Waals surface area contributed by atoms with Crippen molar-refractivity contribution in [1.82, 2.24) is 0 Å². The van der Waals surface area contributed by atoms with Gasteiger partial charge in [0, 0.05) is 11.5 Å². The van der Waals surface area contributed by atoms with Crippen molar-refractivity contribution in [3.05, 3.63) is 51.9 Å². The van der Waals surface area contributed by atoms with Gasteiger partial charge in [-0.3, -0.25) is 0 Å². The summed E-state index contributed by atoms with van der Waals surface area (Å²) < 4.78 is 0. The normalized spacial score (nSPS) is 10.1. The van der Waals surface area contributed by atoms with Crippen LogP contribution in [0.3, 0.4) is 0 Å². The van der Waals surface area contributed by atoms with Gasteiger partial charge < -0.3 is 0 Å². The standard InChI is InChI=1S/C11H13N3/c1-10-6-2-3-7-11(10)8-4-5-9-13-14-12/h2-4,6-8H,5,9H2,1H3. The van der Waals surface area contributed by atoms with Crippen molar-refractivity contribution >= 4 is 6.08 Å². The third-order valence-electron chi connectivity index (χ3n) is 1.94. The molecular formula is C11H13N3. The fourth-order valence-electron chi connectivity index (χ4n) is 1.16. The molecule has 1 aromatic rings. The van der Waals surface area contributed by atoms with Gasteiger partial charge in [0.05, 0.1) is 0 Å². The van der Waals surface area contributed by atoms with Gasteiger partial charge in [0.15, 0.2) is 0 Å². The Labute approximate surface area is 83.7 Å². The van der Waals surface area contributed by atoms with Crippen LogP contribution in [0.25, 0.3) is 16.5 Å². The third-order valence-corrected chi connectivity index (χ3v) is 1.94. The summed E-state index contributed by atoms with van der Waals surface area (Å²) in [5.74, 6) is 0. The lowest BCUT2D eigenvalue weighted by atomic mass is 10.1. The number of rotatable bonds is 4. The van der Waals surface area contributed by atoms with E-state index in [1.54, 1.807) is 0 Å². The predicted molar refractivity (Wildman–Crippen MR) is 58.8 cm³/mol. The highest BCUT2D eigenvalue weighted by molar-refractivity contribution is 5.53. The SMILES string of the molecule is Cc1ccccc1C=CCCN=[N+]=[N-]. The second kappa shape index (κ2) is 5.84. The molecule has 0 N–H and O–H groups in total. The quantitative estimate of drug-likeness (QED) is 0.298. The van der Waals surface area contributed by atoms with E-state index >= 15 is 0 Å². The molecule has 14 heavy (non-hydrogen) atoms. The van der Waals surface area contributed by atoms with Crippen LogP contribution >= 0.6 is 0 Å². The Morgan fingerprint density at radius 1 is 1.43 bits per heavy atom. The van der Waals surface area contributed by atoms with Crippen molar-refractivity contribution in [2.75, 3.05) is 6.54 Å². The van der Waals surface area contributed by atoms with Crippen molar-refractivity contribution in [1.29, 1.82) is 0 Å². The van der Waals surface area contributed by atoms with Gasteiger partial charge in [-0.15, -0.1) is 0 Å². The summed E-state index contributed by atoms with van der Waals surface area (Å²) in [4.78, 5) is 2.69. The summed E-state index contributed by atoms with van der Waals surface area (Å²) in [7, 11) is 0. The van der Waals surface area contributed by atoms with E-state index in [2.05, 4.69) is 35.2 Å². The average molecular weight is 187 g/mol. The van der Waals surface area contributed by atoms with Gasteiger partial charge in [-0.1, -0.05) is 41.5 Å². The van der Waals surface area contributed by atoms with Crippen molar-refractivity contribution in [2.45, 2.75) is 13.3 Å². The van der Waals surface area contributed by atoms with Gasteiger partial charge in [-0.05, 0) is 30.0 Å². The van der Waals surface area contributed by atoms with Crippen molar-refractivity contribution in [2.24, 2.45) is 5.11 Å². The van der Waals surface area contributed by atoms with Gasteiger partial charge in [0.1, 0.15) is 0 Å². The molecule has 0 saturated carbocycles. The molecule has 1 rings (SSSR count). The Balaban J connectivity index is 2.51. The molecule has 3 nitrogen and oxygen atoms in total. The monoisotopic (exact) mass is 187 g/mol. The molecule has 1 aromatic carbocycles. The maximum atomic E-state index is 8.06. The van der Waals surface area contributed by atoms with Gasteiger partial charge in [0.2, 0.25) is 0 Å². The van der Waals surface area contributed by atoms with E-state index < -0.39 is 0 Å². The molecular weight excluding hydrogens is 174 g/mol. The van der Waals surface area contributed by atoms with E-state index in [1.165, 1.54) is 11.1 Å². The number of benzene rings is 1. The van der Waals surface area contributed by atoms with Crippen LogP contribution in [0.2, 0.25) is 0 Å². The average Bonchev–Trinajstić information content (AvgIpc) is 2.20. The Bertz CT molecular complexity index is 363. The number of hydrogen-bond acceptors (Lipinski definition) is 1. The highest BCUT2D eigenvalue weighted by Gasteiger charge is 1.89. The lowest BCUT2D eigenvalue weighted by Crippen LogP contribution is -1.78. The molecule has 0 amide bonds. The van der Waals surface area contributed by atoms with Crippen molar-refractivity contribution < 1.29 is 0 Å². The number of nitrogens with zero attached hydrogens (tertiary/aromatic N) is 3. The van der Waals surface area contributed by atoms with E-state index in [-0.39, 0.29) is 0 Å². The lowest BCUT2D eigenvalue weighted by Gasteiger charge is -1.97.